The lowest BCUT2D eigenvalue weighted by molar-refractivity contribution is 0.584. The van der Waals surface area contributed by atoms with Gasteiger partial charge in [-0.1, -0.05) is 13.8 Å². The molecule has 0 atom stereocenters. The van der Waals surface area contributed by atoms with Gasteiger partial charge in [0.2, 0.25) is 0 Å². The molecule has 4 nitrogen and oxygen atoms in total. The zero-order chi connectivity index (χ0) is 12.9. The average molecular weight is 258 g/mol. The lowest BCUT2D eigenvalue weighted by Crippen LogP contribution is -2.21. The zero-order valence-electron chi connectivity index (χ0n) is 10.8. The molecule has 0 aliphatic heterocycles. The first-order valence-corrected chi connectivity index (χ1v) is 7.98. The molecule has 0 unspecified atom stereocenters. The van der Waals surface area contributed by atoms with Crippen molar-refractivity contribution in [1.82, 2.24) is 9.88 Å². The van der Waals surface area contributed by atoms with E-state index in [0.717, 1.165) is 13.1 Å². The van der Waals surface area contributed by atoms with Gasteiger partial charge in [-0.15, -0.1) is 0 Å². The van der Waals surface area contributed by atoms with Gasteiger partial charge in [0.15, 0.2) is 0 Å². The fourth-order valence-corrected chi connectivity index (χ4v) is 2.22. The third kappa shape index (κ3) is 6.48. The Balaban J connectivity index is 2.35. The first-order chi connectivity index (χ1) is 7.87. The van der Waals surface area contributed by atoms with Gasteiger partial charge in [-0.25, -0.2) is 8.42 Å². The molecule has 0 spiro atoms. The molecular formula is C12H22N2O2S. The molecule has 0 aliphatic rings. The summed E-state index contributed by atoms with van der Waals surface area (Å²) >= 11 is 0. The van der Waals surface area contributed by atoms with Gasteiger partial charge in [0.25, 0.3) is 0 Å². The molecular weight excluding hydrogens is 236 g/mol. The zero-order valence-corrected chi connectivity index (χ0v) is 11.6. The van der Waals surface area contributed by atoms with E-state index in [9.17, 15) is 8.42 Å². The van der Waals surface area contributed by atoms with Crippen LogP contribution < -0.4 is 5.32 Å². The van der Waals surface area contributed by atoms with Gasteiger partial charge in [-0.3, -0.25) is 0 Å². The Morgan fingerprint density at radius 3 is 2.71 bits per heavy atom. The highest BCUT2D eigenvalue weighted by Gasteiger charge is 2.02. The van der Waals surface area contributed by atoms with Crippen molar-refractivity contribution in [3.05, 3.63) is 24.0 Å². The normalized spacial score (nSPS) is 12.2. The Morgan fingerprint density at radius 1 is 1.41 bits per heavy atom. The summed E-state index contributed by atoms with van der Waals surface area (Å²) in [5, 5.41) is 3.35. The van der Waals surface area contributed by atoms with Gasteiger partial charge in [0, 0.05) is 37.8 Å². The smallest absolute Gasteiger partial charge is 0.147 e. The van der Waals surface area contributed by atoms with Crippen LogP contribution in [0.5, 0.6) is 0 Å². The summed E-state index contributed by atoms with van der Waals surface area (Å²) < 4.78 is 24.0. The highest BCUT2D eigenvalue weighted by molar-refractivity contribution is 7.90. The largest absolute Gasteiger partial charge is 0.354 e. The molecule has 98 valence electrons. The maximum absolute atomic E-state index is 11.0. The van der Waals surface area contributed by atoms with Crippen LogP contribution in [-0.4, -0.2) is 31.0 Å². The standard InChI is InChI=1S/C12H22N2O2S/c1-11(2)13-9-12-5-7-14(10-12)6-4-8-17(3,15)16/h5,7,10-11,13H,4,6,8-9H2,1-3H3. The van der Waals surface area contributed by atoms with Crippen molar-refractivity contribution in [2.45, 2.75) is 39.4 Å². The second-order valence-corrected chi connectivity index (χ2v) is 7.04. The molecule has 0 saturated heterocycles. The van der Waals surface area contributed by atoms with Gasteiger partial charge in [-0.05, 0) is 18.1 Å². The fraction of sp³-hybridized carbons (Fsp3) is 0.667. The first kappa shape index (κ1) is 14.3. The SMILES string of the molecule is CC(C)NCc1ccn(CCCS(C)(=O)=O)c1. The van der Waals surface area contributed by atoms with Crippen molar-refractivity contribution >= 4 is 9.84 Å². The molecule has 0 fully saturated rings. The molecule has 1 aromatic heterocycles. The van der Waals surface area contributed by atoms with Gasteiger partial charge >= 0.3 is 0 Å². The molecule has 1 aromatic rings. The fourth-order valence-electron chi connectivity index (χ4n) is 1.57. The van der Waals surface area contributed by atoms with Crippen molar-refractivity contribution in [3.8, 4) is 0 Å². The van der Waals surface area contributed by atoms with E-state index < -0.39 is 9.84 Å². The molecule has 1 N–H and O–H groups in total. The van der Waals surface area contributed by atoms with E-state index in [2.05, 4.69) is 31.4 Å². The number of rotatable bonds is 7. The summed E-state index contributed by atoms with van der Waals surface area (Å²) in [4.78, 5) is 0. The Hall–Kier alpha value is -0.810. The molecule has 0 radical (unpaired) electrons. The summed E-state index contributed by atoms with van der Waals surface area (Å²) in [7, 11) is -2.83. The molecule has 0 bridgehead atoms. The Kier molecular flexibility index (Phi) is 5.21. The van der Waals surface area contributed by atoms with Crippen LogP contribution in [0.15, 0.2) is 18.5 Å². The van der Waals surface area contributed by atoms with Crippen molar-refractivity contribution < 1.29 is 8.42 Å². The van der Waals surface area contributed by atoms with E-state index in [1.807, 2.05) is 10.8 Å². The molecule has 0 amide bonds. The summed E-state index contributed by atoms with van der Waals surface area (Å²) in [5.74, 6) is 0.255. The van der Waals surface area contributed by atoms with Crippen LogP contribution >= 0.6 is 0 Å². The van der Waals surface area contributed by atoms with Gasteiger partial charge < -0.3 is 9.88 Å². The predicted octanol–water partition coefficient (Wildman–Crippen LogP) is 1.42. The minimum absolute atomic E-state index is 0.255. The van der Waals surface area contributed by atoms with Crippen LogP contribution in [0.25, 0.3) is 0 Å². The first-order valence-electron chi connectivity index (χ1n) is 5.92. The van der Waals surface area contributed by atoms with Crippen LogP contribution in [0.4, 0.5) is 0 Å². The van der Waals surface area contributed by atoms with Crippen LogP contribution in [0.2, 0.25) is 0 Å². The third-order valence-electron chi connectivity index (χ3n) is 2.46. The van der Waals surface area contributed by atoms with Crippen molar-refractivity contribution in [2.75, 3.05) is 12.0 Å². The van der Waals surface area contributed by atoms with Gasteiger partial charge in [-0.2, -0.15) is 0 Å². The maximum atomic E-state index is 11.0. The second-order valence-electron chi connectivity index (χ2n) is 4.78. The molecule has 17 heavy (non-hydrogen) atoms. The van der Waals surface area contributed by atoms with Crippen molar-refractivity contribution in [1.29, 1.82) is 0 Å². The lowest BCUT2D eigenvalue weighted by Gasteiger charge is -2.06. The van der Waals surface area contributed by atoms with E-state index in [-0.39, 0.29) is 5.75 Å². The summed E-state index contributed by atoms with van der Waals surface area (Å²) in [6.07, 6.45) is 6.02. The monoisotopic (exact) mass is 258 g/mol. The number of aromatic nitrogens is 1. The maximum Gasteiger partial charge on any atom is 0.147 e. The highest BCUT2D eigenvalue weighted by atomic mass is 32.2. The quantitative estimate of drug-likeness (QED) is 0.805. The lowest BCUT2D eigenvalue weighted by atomic mass is 10.3. The van der Waals surface area contributed by atoms with Crippen LogP contribution in [0.1, 0.15) is 25.8 Å². The molecule has 0 aromatic carbocycles. The minimum atomic E-state index is -2.83. The molecule has 1 rings (SSSR count). The second kappa shape index (κ2) is 6.21. The number of hydrogen-bond acceptors (Lipinski definition) is 3. The van der Waals surface area contributed by atoms with Crippen molar-refractivity contribution in [3.63, 3.8) is 0 Å². The number of nitrogens with one attached hydrogen (secondary N) is 1. The van der Waals surface area contributed by atoms with Gasteiger partial charge in [0.05, 0.1) is 5.75 Å². The summed E-state index contributed by atoms with van der Waals surface area (Å²) in [6, 6.07) is 2.54. The summed E-state index contributed by atoms with van der Waals surface area (Å²) in [5.41, 5.74) is 1.23. The highest BCUT2D eigenvalue weighted by Crippen LogP contribution is 2.03. The molecule has 0 saturated carbocycles. The van der Waals surface area contributed by atoms with Crippen LogP contribution in [0.3, 0.4) is 0 Å². The number of aryl methyl sites for hydroxylation is 1. The van der Waals surface area contributed by atoms with E-state index in [1.54, 1.807) is 0 Å². The summed E-state index contributed by atoms with van der Waals surface area (Å²) in [6.45, 7) is 5.84. The van der Waals surface area contributed by atoms with E-state index in [1.165, 1.54) is 11.8 Å². The van der Waals surface area contributed by atoms with Crippen molar-refractivity contribution in [2.24, 2.45) is 0 Å². The average Bonchev–Trinajstić information content (AvgIpc) is 2.61. The number of hydrogen-bond donors (Lipinski definition) is 1. The Morgan fingerprint density at radius 2 is 2.12 bits per heavy atom. The van der Waals surface area contributed by atoms with E-state index >= 15 is 0 Å². The topological polar surface area (TPSA) is 51.1 Å². The Labute approximate surface area is 104 Å². The number of sulfone groups is 1. The van der Waals surface area contributed by atoms with Crippen LogP contribution in [-0.2, 0) is 22.9 Å². The van der Waals surface area contributed by atoms with E-state index in [4.69, 9.17) is 0 Å². The predicted molar refractivity (Wildman–Crippen MR) is 70.7 cm³/mol. The Bertz CT molecular complexity index is 435. The van der Waals surface area contributed by atoms with E-state index in [0.29, 0.717) is 12.5 Å². The molecule has 1 heterocycles. The van der Waals surface area contributed by atoms with Crippen LogP contribution in [0, 0.1) is 0 Å². The molecule has 5 heteroatoms. The minimum Gasteiger partial charge on any atom is -0.354 e. The van der Waals surface area contributed by atoms with Gasteiger partial charge in [0.1, 0.15) is 9.84 Å². The molecule has 0 aliphatic carbocycles. The number of nitrogens with zero attached hydrogens (tertiary/aromatic N) is 1. The third-order valence-corrected chi connectivity index (χ3v) is 3.49.